The van der Waals surface area contributed by atoms with Crippen molar-refractivity contribution in [1.82, 2.24) is 0 Å². The number of thioether (sulfide) groups is 1. The maximum absolute atomic E-state index is 14.0. The Morgan fingerprint density at radius 2 is 1.84 bits per heavy atom. The molecule has 0 atom stereocenters. The standard InChI is InChI=1S/C18H14FNO3S2/c1-22-14-8-7-11(9-15(14)23-2)10-16-17(21)20(18(24)25-16)13-6-4-3-5-12(13)19/h3-10H,1-2H3/b16-10+. The van der Waals surface area contributed by atoms with Gasteiger partial charge in [0.05, 0.1) is 24.8 Å². The molecule has 1 fully saturated rings. The van der Waals surface area contributed by atoms with Crippen molar-refractivity contribution in [1.29, 1.82) is 0 Å². The van der Waals surface area contributed by atoms with E-state index in [2.05, 4.69) is 0 Å². The first-order valence-electron chi connectivity index (χ1n) is 7.29. The molecule has 4 nitrogen and oxygen atoms in total. The summed E-state index contributed by atoms with van der Waals surface area (Å²) in [6, 6.07) is 11.4. The SMILES string of the molecule is COc1ccc(/C=C2/SC(=S)N(c3ccccc3F)C2=O)cc1OC. The van der Waals surface area contributed by atoms with Crippen LogP contribution in [0, 0.1) is 5.82 Å². The van der Waals surface area contributed by atoms with E-state index in [-0.39, 0.29) is 11.6 Å². The molecule has 0 aromatic heterocycles. The summed E-state index contributed by atoms with van der Waals surface area (Å²) in [4.78, 5) is 14.3. The van der Waals surface area contributed by atoms with Gasteiger partial charge in [0, 0.05) is 0 Å². The van der Waals surface area contributed by atoms with Gasteiger partial charge < -0.3 is 9.47 Å². The highest BCUT2D eigenvalue weighted by Gasteiger charge is 2.34. The number of nitrogens with zero attached hydrogens (tertiary/aromatic N) is 1. The number of para-hydroxylation sites is 1. The number of methoxy groups -OCH3 is 2. The van der Waals surface area contributed by atoms with Gasteiger partial charge >= 0.3 is 0 Å². The zero-order valence-electron chi connectivity index (χ0n) is 13.5. The van der Waals surface area contributed by atoms with Crippen molar-refractivity contribution in [3.63, 3.8) is 0 Å². The Balaban J connectivity index is 1.95. The van der Waals surface area contributed by atoms with Crippen LogP contribution < -0.4 is 14.4 Å². The molecule has 1 aliphatic rings. The number of rotatable bonds is 4. The number of hydrogen-bond acceptors (Lipinski definition) is 5. The van der Waals surface area contributed by atoms with Crippen LogP contribution in [0.3, 0.4) is 0 Å². The third kappa shape index (κ3) is 3.38. The first-order valence-corrected chi connectivity index (χ1v) is 8.52. The van der Waals surface area contributed by atoms with Crippen LogP contribution in [0.5, 0.6) is 11.5 Å². The van der Waals surface area contributed by atoms with Crippen LogP contribution in [-0.2, 0) is 4.79 Å². The summed E-state index contributed by atoms with van der Waals surface area (Å²) >= 11 is 6.39. The largest absolute Gasteiger partial charge is 0.493 e. The van der Waals surface area contributed by atoms with E-state index in [9.17, 15) is 9.18 Å². The van der Waals surface area contributed by atoms with E-state index >= 15 is 0 Å². The van der Waals surface area contributed by atoms with E-state index in [1.165, 1.54) is 17.0 Å². The lowest BCUT2D eigenvalue weighted by Crippen LogP contribution is -2.28. The molecule has 0 N–H and O–H groups in total. The van der Waals surface area contributed by atoms with Crippen LogP contribution in [0.15, 0.2) is 47.4 Å². The zero-order valence-corrected chi connectivity index (χ0v) is 15.1. The van der Waals surface area contributed by atoms with Crippen molar-refractivity contribution in [2.75, 3.05) is 19.1 Å². The summed E-state index contributed by atoms with van der Waals surface area (Å²) in [5.41, 5.74) is 0.910. The summed E-state index contributed by atoms with van der Waals surface area (Å²) < 4.78 is 24.8. The number of thiocarbonyl (C=S) groups is 1. The number of hydrogen-bond donors (Lipinski definition) is 0. The molecule has 128 valence electrons. The number of anilines is 1. The average Bonchev–Trinajstić information content (AvgIpc) is 2.89. The average molecular weight is 375 g/mol. The second kappa shape index (κ2) is 7.25. The minimum atomic E-state index is -0.494. The second-order valence-electron chi connectivity index (χ2n) is 5.08. The van der Waals surface area contributed by atoms with Gasteiger partial charge in [-0.25, -0.2) is 4.39 Å². The normalized spacial score (nSPS) is 15.8. The van der Waals surface area contributed by atoms with Crippen LogP contribution in [0.2, 0.25) is 0 Å². The number of carbonyl (C=O) groups excluding carboxylic acids is 1. The molecular formula is C18H14FNO3S2. The molecule has 0 saturated carbocycles. The molecule has 0 bridgehead atoms. The van der Waals surface area contributed by atoms with Crippen molar-refractivity contribution in [3.8, 4) is 11.5 Å². The lowest BCUT2D eigenvalue weighted by molar-refractivity contribution is -0.113. The van der Waals surface area contributed by atoms with Gasteiger partial charge in [0.1, 0.15) is 5.82 Å². The fourth-order valence-corrected chi connectivity index (χ4v) is 3.69. The van der Waals surface area contributed by atoms with Gasteiger partial charge in [-0.15, -0.1) is 0 Å². The fourth-order valence-electron chi connectivity index (χ4n) is 2.40. The third-order valence-electron chi connectivity index (χ3n) is 3.59. The van der Waals surface area contributed by atoms with Crippen LogP contribution in [0.4, 0.5) is 10.1 Å². The smallest absolute Gasteiger partial charge is 0.270 e. The van der Waals surface area contributed by atoms with E-state index in [4.69, 9.17) is 21.7 Å². The van der Waals surface area contributed by atoms with Crippen molar-refractivity contribution >= 4 is 46.0 Å². The summed E-state index contributed by atoms with van der Waals surface area (Å²) in [5.74, 6) is 0.306. The van der Waals surface area contributed by atoms with E-state index in [0.29, 0.717) is 20.7 Å². The Morgan fingerprint density at radius 1 is 1.12 bits per heavy atom. The molecule has 1 heterocycles. The number of carbonyl (C=O) groups is 1. The van der Waals surface area contributed by atoms with Crippen LogP contribution in [0.1, 0.15) is 5.56 Å². The van der Waals surface area contributed by atoms with Gasteiger partial charge in [-0.3, -0.25) is 9.69 Å². The number of benzene rings is 2. The summed E-state index contributed by atoms with van der Waals surface area (Å²) in [6.07, 6.45) is 1.70. The summed E-state index contributed by atoms with van der Waals surface area (Å²) in [6.45, 7) is 0. The lowest BCUT2D eigenvalue weighted by Gasteiger charge is -2.14. The molecule has 1 saturated heterocycles. The Labute approximate surface area is 154 Å². The highest BCUT2D eigenvalue weighted by atomic mass is 32.2. The first kappa shape index (κ1) is 17.4. The highest BCUT2D eigenvalue weighted by Crippen LogP contribution is 2.37. The molecule has 2 aromatic carbocycles. The number of ether oxygens (including phenoxy) is 2. The molecule has 0 spiro atoms. The van der Waals surface area contributed by atoms with E-state index < -0.39 is 5.82 Å². The quantitative estimate of drug-likeness (QED) is 0.590. The second-order valence-corrected chi connectivity index (χ2v) is 6.76. The fraction of sp³-hybridized carbons (Fsp3) is 0.111. The molecule has 1 amide bonds. The molecule has 25 heavy (non-hydrogen) atoms. The zero-order chi connectivity index (χ0) is 18.0. The first-order chi connectivity index (χ1) is 12.0. The molecule has 3 rings (SSSR count). The molecule has 2 aromatic rings. The molecule has 0 radical (unpaired) electrons. The van der Waals surface area contributed by atoms with E-state index in [0.717, 1.165) is 17.3 Å². The lowest BCUT2D eigenvalue weighted by atomic mass is 10.2. The molecular weight excluding hydrogens is 361 g/mol. The monoisotopic (exact) mass is 375 g/mol. The summed E-state index contributed by atoms with van der Waals surface area (Å²) in [7, 11) is 3.09. The van der Waals surface area contributed by atoms with Crippen molar-refractivity contribution < 1.29 is 18.7 Å². The molecule has 0 aliphatic carbocycles. The van der Waals surface area contributed by atoms with E-state index in [1.807, 2.05) is 0 Å². The Hall–Kier alpha value is -2.38. The van der Waals surface area contributed by atoms with Crippen molar-refractivity contribution in [2.24, 2.45) is 0 Å². The summed E-state index contributed by atoms with van der Waals surface area (Å²) in [5, 5.41) is 0. The van der Waals surface area contributed by atoms with Gasteiger partial charge in [0.25, 0.3) is 5.91 Å². The van der Waals surface area contributed by atoms with Crippen LogP contribution in [-0.4, -0.2) is 24.4 Å². The molecule has 7 heteroatoms. The Morgan fingerprint density at radius 3 is 2.52 bits per heavy atom. The highest BCUT2D eigenvalue weighted by molar-refractivity contribution is 8.27. The predicted octanol–water partition coefficient (Wildman–Crippen LogP) is 4.25. The van der Waals surface area contributed by atoms with E-state index in [1.54, 1.807) is 50.6 Å². The Kier molecular flexibility index (Phi) is 5.06. The predicted molar refractivity (Wildman–Crippen MR) is 102 cm³/mol. The van der Waals surface area contributed by atoms with Gasteiger partial charge in [0.2, 0.25) is 0 Å². The van der Waals surface area contributed by atoms with Crippen LogP contribution >= 0.6 is 24.0 Å². The maximum Gasteiger partial charge on any atom is 0.270 e. The minimum Gasteiger partial charge on any atom is -0.493 e. The minimum absolute atomic E-state index is 0.153. The van der Waals surface area contributed by atoms with Crippen molar-refractivity contribution in [3.05, 3.63) is 58.8 Å². The van der Waals surface area contributed by atoms with Crippen LogP contribution in [0.25, 0.3) is 6.08 Å². The number of amides is 1. The maximum atomic E-state index is 14.0. The van der Waals surface area contributed by atoms with Crippen molar-refractivity contribution in [2.45, 2.75) is 0 Å². The third-order valence-corrected chi connectivity index (χ3v) is 4.89. The van der Waals surface area contributed by atoms with Gasteiger partial charge in [-0.2, -0.15) is 0 Å². The van der Waals surface area contributed by atoms with Gasteiger partial charge in [0.15, 0.2) is 15.8 Å². The molecule has 1 aliphatic heterocycles. The topological polar surface area (TPSA) is 38.8 Å². The molecule has 0 unspecified atom stereocenters. The Bertz CT molecular complexity index is 882. The number of halogens is 1. The van der Waals surface area contributed by atoms with Gasteiger partial charge in [-0.05, 0) is 35.9 Å². The van der Waals surface area contributed by atoms with Gasteiger partial charge in [-0.1, -0.05) is 42.2 Å².